The number of piperidine rings is 1. The first-order chi connectivity index (χ1) is 11.2. The lowest BCUT2D eigenvalue weighted by atomic mass is 10.0. The summed E-state index contributed by atoms with van der Waals surface area (Å²) in [5.41, 5.74) is 5.48. The van der Waals surface area contributed by atoms with Crippen LogP contribution in [0.5, 0.6) is 0 Å². The van der Waals surface area contributed by atoms with Crippen LogP contribution >= 0.6 is 0 Å². The van der Waals surface area contributed by atoms with Crippen LogP contribution in [0.1, 0.15) is 61.3 Å². The highest BCUT2D eigenvalue weighted by atomic mass is 28.4. The molecule has 1 saturated heterocycles. The first kappa shape index (κ1) is 22.0. The van der Waals surface area contributed by atoms with Gasteiger partial charge in [-0.1, -0.05) is 20.8 Å². The molecule has 25 heavy (non-hydrogen) atoms. The summed E-state index contributed by atoms with van der Waals surface area (Å²) in [6.45, 7) is 21.1. The van der Waals surface area contributed by atoms with Crippen molar-refractivity contribution in [2.75, 3.05) is 19.7 Å². The van der Waals surface area contributed by atoms with E-state index in [1.165, 1.54) is 5.57 Å². The average Bonchev–Trinajstić information content (AvgIpc) is 2.43. The Kier molecular flexibility index (Phi) is 7.14. The first-order valence-electron chi connectivity index (χ1n) is 9.27. The third kappa shape index (κ3) is 7.39. The largest absolute Gasteiger partial charge is 0.444 e. The van der Waals surface area contributed by atoms with E-state index in [0.29, 0.717) is 19.7 Å². The van der Waals surface area contributed by atoms with E-state index in [1.54, 1.807) is 4.90 Å². The summed E-state index contributed by atoms with van der Waals surface area (Å²) in [5, 5.41) is 0.221. The molecule has 1 amide bonds. The molecule has 0 radical (unpaired) electrons. The van der Waals surface area contributed by atoms with Crippen molar-refractivity contribution in [1.82, 2.24) is 4.90 Å². The topological polar surface area (TPSA) is 38.8 Å². The van der Waals surface area contributed by atoms with E-state index in [-0.39, 0.29) is 11.1 Å². The predicted molar refractivity (Wildman–Crippen MR) is 106 cm³/mol. The molecule has 0 aromatic heterocycles. The van der Waals surface area contributed by atoms with E-state index < -0.39 is 13.9 Å². The van der Waals surface area contributed by atoms with Crippen LogP contribution in [0.3, 0.4) is 0 Å². The molecule has 0 aromatic carbocycles. The molecule has 1 heterocycles. The predicted octanol–water partition coefficient (Wildman–Crippen LogP) is 5.51. The third-order valence-corrected chi connectivity index (χ3v) is 9.34. The van der Waals surface area contributed by atoms with Gasteiger partial charge >= 0.3 is 6.09 Å². The number of likely N-dealkylation sites (tertiary alicyclic amines) is 1. The van der Waals surface area contributed by atoms with Crippen molar-refractivity contribution >= 4 is 14.4 Å². The van der Waals surface area contributed by atoms with Crippen LogP contribution in [0.4, 0.5) is 4.79 Å². The molecule has 0 aliphatic carbocycles. The lowest BCUT2D eigenvalue weighted by molar-refractivity contribution is 0.0236. The van der Waals surface area contributed by atoms with E-state index in [4.69, 9.17) is 9.16 Å². The molecule has 1 rings (SSSR count). The van der Waals surface area contributed by atoms with Crippen molar-refractivity contribution < 1.29 is 14.0 Å². The van der Waals surface area contributed by atoms with Gasteiger partial charge in [-0.2, -0.15) is 0 Å². The fraction of sp³-hybridized carbons (Fsp3) is 0.800. The molecule has 0 spiro atoms. The molecule has 1 aliphatic heterocycles. The first-order valence-corrected chi connectivity index (χ1v) is 12.2. The molecular weight excluding hydrogens is 330 g/mol. The molecule has 0 saturated carbocycles. The summed E-state index contributed by atoms with van der Waals surface area (Å²) in [6, 6.07) is 0. The van der Waals surface area contributed by atoms with Gasteiger partial charge in [0.25, 0.3) is 0 Å². The van der Waals surface area contributed by atoms with Gasteiger partial charge in [-0.15, -0.1) is 5.73 Å². The van der Waals surface area contributed by atoms with Gasteiger partial charge in [0.1, 0.15) is 5.60 Å². The Bertz CT molecular complexity index is 536. The van der Waals surface area contributed by atoms with Crippen LogP contribution in [0.2, 0.25) is 18.1 Å². The zero-order valence-corrected chi connectivity index (χ0v) is 18.7. The van der Waals surface area contributed by atoms with Gasteiger partial charge in [0, 0.05) is 13.1 Å². The number of ether oxygens (including phenoxy) is 1. The second kappa shape index (κ2) is 8.11. The van der Waals surface area contributed by atoms with Crippen LogP contribution in [0, 0.1) is 0 Å². The fourth-order valence-corrected chi connectivity index (χ4v) is 3.26. The number of carbonyl (C=O) groups is 1. The number of hydrogen-bond acceptors (Lipinski definition) is 3. The van der Waals surface area contributed by atoms with Crippen molar-refractivity contribution in [2.45, 2.75) is 85.0 Å². The number of hydrogen-bond donors (Lipinski definition) is 0. The highest BCUT2D eigenvalue weighted by molar-refractivity contribution is 6.74. The van der Waals surface area contributed by atoms with E-state index >= 15 is 0 Å². The van der Waals surface area contributed by atoms with Crippen molar-refractivity contribution in [3.63, 3.8) is 0 Å². The maximum absolute atomic E-state index is 12.1. The Balaban J connectivity index is 2.60. The molecule has 144 valence electrons. The van der Waals surface area contributed by atoms with Crippen molar-refractivity contribution in [3.8, 4) is 0 Å². The van der Waals surface area contributed by atoms with Crippen LogP contribution < -0.4 is 0 Å². The molecule has 0 aromatic rings. The summed E-state index contributed by atoms with van der Waals surface area (Å²) in [6.07, 6.45) is 1.50. The SMILES string of the molecule is CC(=C=C1CCN(C(=O)OC(C)(C)C)CC1)CO[Si](C)(C)C(C)(C)C. The molecule has 0 atom stereocenters. The van der Waals surface area contributed by atoms with Crippen molar-refractivity contribution in [2.24, 2.45) is 0 Å². The van der Waals surface area contributed by atoms with Gasteiger partial charge in [0.2, 0.25) is 0 Å². The second-order valence-electron chi connectivity index (χ2n) is 9.53. The van der Waals surface area contributed by atoms with E-state index in [9.17, 15) is 4.79 Å². The smallest absolute Gasteiger partial charge is 0.410 e. The molecule has 5 heteroatoms. The van der Waals surface area contributed by atoms with Gasteiger partial charge in [-0.25, -0.2) is 4.79 Å². The van der Waals surface area contributed by atoms with Crippen LogP contribution in [0.15, 0.2) is 16.9 Å². The molecule has 1 aliphatic rings. The molecule has 0 N–H and O–H groups in total. The number of carbonyl (C=O) groups excluding carboxylic acids is 1. The lowest BCUT2D eigenvalue weighted by Gasteiger charge is -2.36. The standard InChI is InChI=1S/C20H37NO3Si/c1-16(15-23-25(8,9)20(5,6)7)14-17-10-12-21(13-11-17)18(22)24-19(2,3)4/h10-13,15H2,1-9H3. The van der Waals surface area contributed by atoms with Gasteiger partial charge < -0.3 is 14.1 Å². The third-order valence-electron chi connectivity index (χ3n) is 4.86. The van der Waals surface area contributed by atoms with Crippen molar-refractivity contribution in [1.29, 1.82) is 0 Å². The highest BCUT2D eigenvalue weighted by Crippen LogP contribution is 2.36. The summed E-state index contributed by atoms with van der Waals surface area (Å²) in [7, 11) is -1.72. The molecular formula is C20H37NO3Si. The minimum Gasteiger partial charge on any atom is -0.444 e. The van der Waals surface area contributed by atoms with Gasteiger partial charge in [-0.3, -0.25) is 0 Å². The summed E-state index contributed by atoms with van der Waals surface area (Å²) < 4.78 is 11.7. The normalized spacial score (nSPS) is 16.5. The molecule has 0 unspecified atom stereocenters. The Morgan fingerprint density at radius 3 is 2.08 bits per heavy atom. The van der Waals surface area contributed by atoms with Crippen molar-refractivity contribution in [3.05, 3.63) is 16.9 Å². The molecule has 1 fully saturated rings. The average molecular weight is 368 g/mol. The zero-order valence-electron chi connectivity index (χ0n) is 17.7. The maximum Gasteiger partial charge on any atom is 0.410 e. The minimum atomic E-state index is -1.72. The monoisotopic (exact) mass is 367 g/mol. The van der Waals surface area contributed by atoms with Crippen LogP contribution in [-0.4, -0.2) is 44.6 Å². The lowest BCUT2D eigenvalue weighted by Crippen LogP contribution is -2.41. The quantitative estimate of drug-likeness (QED) is 0.487. The number of amides is 1. The highest BCUT2D eigenvalue weighted by Gasteiger charge is 2.37. The van der Waals surface area contributed by atoms with E-state index in [2.05, 4.69) is 46.5 Å². The second-order valence-corrected chi connectivity index (χ2v) is 14.3. The van der Waals surface area contributed by atoms with E-state index in [0.717, 1.165) is 18.4 Å². The van der Waals surface area contributed by atoms with E-state index in [1.807, 2.05) is 20.8 Å². The Labute approximate surface area is 155 Å². The van der Waals surface area contributed by atoms with Crippen LogP contribution in [0.25, 0.3) is 0 Å². The van der Waals surface area contributed by atoms with Gasteiger partial charge in [0.15, 0.2) is 8.32 Å². The number of nitrogens with zero attached hydrogens (tertiary/aromatic N) is 1. The summed E-state index contributed by atoms with van der Waals surface area (Å²) >= 11 is 0. The Morgan fingerprint density at radius 2 is 1.64 bits per heavy atom. The Morgan fingerprint density at radius 1 is 1.12 bits per heavy atom. The Hall–Kier alpha value is -1.03. The maximum atomic E-state index is 12.1. The molecule has 0 bridgehead atoms. The van der Waals surface area contributed by atoms with Gasteiger partial charge in [-0.05, 0) is 69.8 Å². The van der Waals surface area contributed by atoms with Crippen LogP contribution in [-0.2, 0) is 9.16 Å². The molecule has 4 nitrogen and oxygen atoms in total. The summed E-state index contributed by atoms with van der Waals surface area (Å²) in [5.74, 6) is 0. The summed E-state index contributed by atoms with van der Waals surface area (Å²) in [4.78, 5) is 13.9. The fourth-order valence-electron chi connectivity index (χ4n) is 2.25. The van der Waals surface area contributed by atoms with Gasteiger partial charge in [0.05, 0.1) is 6.61 Å². The zero-order chi connectivity index (χ0) is 19.5. The number of rotatable bonds is 3. The minimum absolute atomic E-state index is 0.214.